The van der Waals surface area contributed by atoms with Crippen LogP contribution in [0.5, 0.6) is 0 Å². The van der Waals surface area contributed by atoms with Crippen LogP contribution in [0.4, 0.5) is 0 Å². The molecule has 1 aliphatic carbocycles. The molecule has 0 saturated heterocycles. The van der Waals surface area contributed by atoms with Gasteiger partial charge in [-0.3, -0.25) is 4.79 Å². The molecule has 0 amide bonds. The van der Waals surface area contributed by atoms with Crippen LogP contribution in [-0.2, 0) is 14.9 Å². The summed E-state index contributed by atoms with van der Waals surface area (Å²) in [6.07, 6.45) is 0. The number of rotatable bonds is 3. The summed E-state index contributed by atoms with van der Waals surface area (Å²) in [6.45, 7) is 10.7. The van der Waals surface area contributed by atoms with Crippen LogP contribution >= 0.6 is 0 Å². The Morgan fingerprint density at radius 1 is 1.28 bits per heavy atom. The first-order chi connectivity index (χ1) is 8.46. The number of aryl methyl sites for hydroxylation is 2. The summed E-state index contributed by atoms with van der Waals surface area (Å²) in [6, 6.07) is 6.34. The molecule has 98 valence electrons. The van der Waals surface area contributed by atoms with E-state index < -0.39 is 5.41 Å². The van der Waals surface area contributed by atoms with Gasteiger partial charge < -0.3 is 4.74 Å². The Hall–Kier alpha value is -1.31. The molecule has 0 bridgehead atoms. The number of carbonyl (C=O) groups is 1. The van der Waals surface area contributed by atoms with Crippen LogP contribution in [0.15, 0.2) is 18.2 Å². The van der Waals surface area contributed by atoms with E-state index in [9.17, 15) is 4.79 Å². The molecule has 1 fully saturated rings. The van der Waals surface area contributed by atoms with E-state index in [1.165, 1.54) is 11.1 Å². The summed E-state index contributed by atoms with van der Waals surface area (Å²) in [5.41, 5.74) is 3.13. The van der Waals surface area contributed by atoms with Crippen molar-refractivity contribution in [3.63, 3.8) is 0 Å². The Morgan fingerprint density at radius 2 is 1.89 bits per heavy atom. The predicted octanol–water partition coefficient (Wildman–Crippen LogP) is 3.39. The fourth-order valence-electron chi connectivity index (χ4n) is 3.18. The molecule has 0 aliphatic heterocycles. The number of carbonyl (C=O) groups excluding carboxylic acids is 1. The van der Waals surface area contributed by atoms with Crippen molar-refractivity contribution in [2.45, 2.75) is 40.0 Å². The Labute approximate surface area is 109 Å². The molecule has 0 radical (unpaired) electrons. The van der Waals surface area contributed by atoms with Crippen molar-refractivity contribution in [2.24, 2.45) is 11.8 Å². The van der Waals surface area contributed by atoms with E-state index in [2.05, 4.69) is 45.9 Å². The van der Waals surface area contributed by atoms with Gasteiger partial charge in [-0.2, -0.15) is 0 Å². The topological polar surface area (TPSA) is 26.3 Å². The molecule has 2 rings (SSSR count). The number of hydrogen-bond donors (Lipinski definition) is 0. The molecule has 2 nitrogen and oxygen atoms in total. The second kappa shape index (κ2) is 4.42. The van der Waals surface area contributed by atoms with E-state index in [1.54, 1.807) is 0 Å². The second-order valence-corrected chi connectivity index (χ2v) is 5.49. The maximum atomic E-state index is 12.4. The number of ether oxygens (including phenoxy) is 1. The summed E-state index contributed by atoms with van der Waals surface area (Å²) in [4.78, 5) is 12.4. The molecule has 2 unspecified atom stereocenters. The van der Waals surface area contributed by atoms with E-state index in [-0.39, 0.29) is 5.97 Å². The van der Waals surface area contributed by atoms with Crippen molar-refractivity contribution >= 4 is 5.97 Å². The number of benzene rings is 1. The minimum Gasteiger partial charge on any atom is -0.465 e. The fraction of sp³-hybridized carbons (Fsp3) is 0.562. The summed E-state index contributed by atoms with van der Waals surface area (Å²) >= 11 is 0. The van der Waals surface area contributed by atoms with E-state index >= 15 is 0 Å². The van der Waals surface area contributed by atoms with Gasteiger partial charge in [0.05, 0.1) is 12.0 Å². The van der Waals surface area contributed by atoms with Gasteiger partial charge in [-0.15, -0.1) is 0 Å². The van der Waals surface area contributed by atoms with Gasteiger partial charge >= 0.3 is 5.97 Å². The number of hydrogen-bond acceptors (Lipinski definition) is 2. The van der Waals surface area contributed by atoms with Gasteiger partial charge in [-0.05, 0) is 43.7 Å². The van der Waals surface area contributed by atoms with Crippen LogP contribution in [0.2, 0.25) is 0 Å². The minimum atomic E-state index is -0.411. The van der Waals surface area contributed by atoms with Crippen molar-refractivity contribution in [1.29, 1.82) is 0 Å². The molecule has 0 heterocycles. The molecular weight excluding hydrogens is 224 g/mol. The van der Waals surface area contributed by atoms with Gasteiger partial charge in [-0.1, -0.05) is 37.6 Å². The molecule has 0 spiro atoms. The first-order valence-corrected chi connectivity index (χ1v) is 6.71. The van der Waals surface area contributed by atoms with E-state index in [1.807, 2.05) is 6.92 Å². The third kappa shape index (κ3) is 1.66. The highest BCUT2D eigenvalue weighted by Gasteiger charge is 2.67. The third-order valence-corrected chi connectivity index (χ3v) is 4.53. The maximum absolute atomic E-state index is 12.4. The molecule has 0 aromatic heterocycles. The normalized spacial score (nSPS) is 30.1. The zero-order valence-electron chi connectivity index (χ0n) is 11.9. The monoisotopic (exact) mass is 246 g/mol. The Balaban J connectivity index is 2.50. The number of esters is 1. The molecule has 2 atom stereocenters. The predicted molar refractivity (Wildman–Crippen MR) is 72.6 cm³/mol. The quantitative estimate of drug-likeness (QED) is 0.764. The van der Waals surface area contributed by atoms with Crippen molar-refractivity contribution in [2.75, 3.05) is 6.61 Å². The van der Waals surface area contributed by atoms with Gasteiger partial charge in [-0.25, -0.2) is 0 Å². The van der Waals surface area contributed by atoms with Crippen molar-refractivity contribution in [1.82, 2.24) is 0 Å². The lowest BCUT2D eigenvalue weighted by Crippen LogP contribution is -2.27. The zero-order valence-corrected chi connectivity index (χ0v) is 11.9. The summed E-state index contributed by atoms with van der Waals surface area (Å²) in [7, 11) is 0. The third-order valence-electron chi connectivity index (χ3n) is 4.53. The summed E-state index contributed by atoms with van der Waals surface area (Å²) in [5.74, 6) is 0.660. The molecule has 2 heteroatoms. The van der Waals surface area contributed by atoms with Gasteiger partial charge in [0.25, 0.3) is 0 Å². The van der Waals surface area contributed by atoms with Crippen LogP contribution in [0, 0.1) is 25.7 Å². The highest BCUT2D eigenvalue weighted by molar-refractivity contribution is 5.88. The molecule has 1 aliphatic rings. The highest BCUT2D eigenvalue weighted by Crippen LogP contribution is 2.61. The fourth-order valence-corrected chi connectivity index (χ4v) is 3.18. The maximum Gasteiger partial charge on any atom is 0.317 e. The van der Waals surface area contributed by atoms with E-state index in [4.69, 9.17) is 4.74 Å². The lowest BCUT2D eigenvalue weighted by atomic mass is 9.87. The average molecular weight is 246 g/mol. The van der Waals surface area contributed by atoms with Gasteiger partial charge in [0.2, 0.25) is 0 Å². The molecule has 18 heavy (non-hydrogen) atoms. The Morgan fingerprint density at radius 3 is 2.39 bits per heavy atom. The van der Waals surface area contributed by atoms with Gasteiger partial charge in [0.15, 0.2) is 0 Å². The van der Waals surface area contributed by atoms with Crippen LogP contribution < -0.4 is 0 Å². The largest absolute Gasteiger partial charge is 0.465 e. The van der Waals surface area contributed by atoms with Crippen LogP contribution in [0.1, 0.15) is 37.5 Å². The lowest BCUT2D eigenvalue weighted by Gasteiger charge is -2.19. The van der Waals surface area contributed by atoms with Crippen molar-refractivity contribution < 1.29 is 9.53 Å². The Kier molecular flexibility index (Phi) is 3.22. The second-order valence-electron chi connectivity index (χ2n) is 5.49. The van der Waals surface area contributed by atoms with E-state index in [0.29, 0.717) is 18.4 Å². The average Bonchev–Trinajstić information content (AvgIpc) is 2.87. The molecule has 1 saturated carbocycles. The molecular formula is C16H22O2. The van der Waals surface area contributed by atoms with Gasteiger partial charge in [0, 0.05) is 0 Å². The lowest BCUT2D eigenvalue weighted by molar-refractivity contribution is -0.147. The first-order valence-electron chi connectivity index (χ1n) is 6.71. The van der Waals surface area contributed by atoms with Crippen LogP contribution in [0.3, 0.4) is 0 Å². The molecule has 0 N–H and O–H groups in total. The SMILES string of the molecule is CCOC(=O)C1(c2cc(C)ccc2C)C(C)C1C. The van der Waals surface area contributed by atoms with Crippen molar-refractivity contribution in [3.8, 4) is 0 Å². The van der Waals surface area contributed by atoms with Crippen molar-refractivity contribution in [3.05, 3.63) is 34.9 Å². The zero-order chi connectivity index (χ0) is 13.5. The van der Waals surface area contributed by atoms with Gasteiger partial charge in [0.1, 0.15) is 0 Å². The summed E-state index contributed by atoms with van der Waals surface area (Å²) < 4.78 is 5.32. The summed E-state index contributed by atoms with van der Waals surface area (Å²) in [5, 5.41) is 0. The molecule has 1 aromatic carbocycles. The van der Waals surface area contributed by atoms with E-state index in [0.717, 1.165) is 5.56 Å². The Bertz CT molecular complexity index is 468. The van der Waals surface area contributed by atoms with Crippen LogP contribution in [0.25, 0.3) is 0 Å². The standard InChI is InChI=1S/C16H22O2/c1-6-18-15(17)16(12(4)13(16)5)14-9-10(2)7-8-11(14)3/h7-9,12-13H,6H2,1-5H3. The minimum absolute atomic E-state index is 0.0568. The highest BCUT2D eigenvalue weighted by atomic mass is 16.5. The smallest absolute Gasteiger partial charge is 0.317 e. The molecule has 1 aromatic rings. The first kappa shape index (κ1) is 13.1. The van der Waals surface area contributed by atoms with Crippen LogP contribution in [-0.4, -0.2) is 12.6 Å².